The normalized spacial score (nSPS) is 12.6. The van der Waals surface area contributed by atoms with Crippen LogP contribution >= 0.6 is 0 Å². The van der Waals surface area contributed by atoms with Gasteiger partial charge in [0.15, 0.2) is 0 Å². The number of pyridine rings is 1. The smallest absolute Gasteiger partial charge is 0.407 e. The minimum Gasteiger partial charge on any atom is -0.435 e. The first-order chi connectivity index (χ1) is 17.7. The first kappa shape index (κ1) is 27.0. The third-order valence-electron chi connectivity index (χ3n) is 5.68. The Hall–Kier alpha value is -4.02. The van der Waals surface area contributed by atoms with E-state index in [9.17, 15) is 35.6 Å². The van der Waals surface area contributed by atoms with Crippen molar-refractivity contribution in [2.45, 2.75) is 37.1 Å². The number of hydrogen-bond acceptors (Lipinski definition) is 5. The molecule has 0 fully saturated rings. The summed E-state index contributed by atoms with van der Waals surface area (Å²) in [7, 11) is -4.61. The predicted octanol–water partition coefficient (Wildman–Crippen LogP) is 5.78. The number of nitrogens with zero attached hydrogens (tertiary/aromatic N) is 3. The van der Waals surface area contributed by atoms with Crippen LogP contribution in [0.5, 0.6) is 5.75 Å². The molecule has 38 heavy (non-hydrogen) atoms. The topological polar surface area (TPSA) is 97.0 Å². The summed E-state index contributed by atoms with van der Waals surface area (Å²) in [5, 5.41) is 10.4. The lowest BCUT2D eigenvalue weighted by atomic mass is 10.1. The van der Waals surface area contributed by atoms with Gasteiger partial charge < -0.3 is 9.30 Å². The molecule has 0 aliphatic heterocycles. The van der Waals surface area contributed by atoms with Gasteiger partial charge in [-0.05, 0) is 50.2 Å². The molecular weight excluding hydrogens is 531 g/mol. The quantitative estimate of drug-likeness (QED) is 0.294. The van der Waals surface area contributed by atoms with Crippen LogP contribution in [0.2, 0.25) is 0 Å². The number of nitriles is 1. The fourth-order valence-corrected chi connectivity index (χ4v) is 5.12. The first-order valence-electron chi connectivity index (χ1n) is 10.9. The summed E-state index contributed by atoms with van der Waals surface area (Å²) < 4.78 is 98.4. The van der Waals surface area contributed by atoms with Gasteiger partial charge in [-0.3, -0.25) is 4.98 Å². The molecule has 7 nitrogen and oxygen atoms in total. The van der Waals surface area contributed by atoms with Crippen LogP contribution in [0.15, 0.2) is 71.8 Å². The van der Waals surface area contributed by atoms with E-state index in [0.29, 0.717) is 30.4 Å². The number of nitrogens with one attached hydrogen (secondary N) is 1. The van der Waals surface area contributed by atoms with Crippen molar-refractivity contribution in [3.05, 3.63) is 72.4 Å². The third-order valence-corrected chi connectivity index (χ3v) is 7.32. The Morgan fingerprint density at radius 3 is 2.29 bits per heavy atom. The fraction of sp³-hybridized carbons (Fsp3) is 0.200. The van der Waals surface area contributed by atoms with Gasteiger partial charge in [0.1, 0.15) is 22.3 Å². The van der Waals surface area contributed by atoms with Gasteiger partial charge in [0.25, 0.3) is 0 Å². The zero-order valence-corrected chi connectivity index (χ0v) is 20.6. The molecule has 1 N–H and O–H groups in total. The van der Waals surface area contributed by atoms with Gasteiger partial charge in [-0.15, -0.1) is 0 Å². The lowest BCUT2D eigenvalue weighted by Crippen LogP contribution is -2.54. The standard InChI is InChI=1S/C25H19F5N4O3S/c1-24(2,25(28,29)30)33-38(35,36)17-9-11-20(32-14-17)22-19(13-31)18-10-8-16(37-23(26)27)12-21(18)34(22)15-6-4-3-5-7-15/h3-12,14,23,33H,1-2H3. The molecule has 0 spiro atoms. The number of benzene rings is 2. The SMILES string of the molecule is CC(C)(NS(=O)(=O)c1ccc(-c2c(C#N)c3ccc(OC(F)F)cc3n2-c2ccccc2)nc1)C(F)(F)F. The Balaban J connectivity index is 1.88. The van der Waals surface area contributed by atoms with E-state index in [4.69, 9.17) is 0 Å². The summed E-state index contributed by atoms with van der Waals surface area (Å²) in [4.78, 5) is 3.62. The summed E-state index contributed by atoms with van der Waals surface area (Å²) >= 11 is 0. The van der Waals surface area contributed by atoms with E-state index in [2.05, 4.69) is 15.8 Å². The molecule has 0 atom stereocenters. The van der Waals surface area contributed by atoms with Gasteiger partial charge >= 0.3 is 12.8 Å². The maximum absolute atomic E-state index is 13.2. The summed E-state index contributed by atoms with van der Waals surface area (Å²) in [6.45, 7) is -1.69. The Morgan fingerprint density at radius 2 is 1.74 bits per heavy atom. The zero-order valence-electron chi connectivity index (χ0n) is 19.8. The summed E-state index contributed by atoms with van der Waals surface area (Å²) in [6.07, 6.45) is -3.97. The van der Waals surface area contributed by atoms with Crippen molar-refractivity contribution >= 4 is 20.9 Å². The molecule has 0 unspecified atom stereocenters. The van der Waals surface area contributed by atoms with Crippen LogP contribution in [0.3, 0.4) is 0 Å². The Bertz CT molecular complexity index is 1630. The third kappa shape index (κ3) is 5.05. The average Bonchev–Trinajstić information content (AvgIpc) is 3.16. The molecule has 0 aliphatic carbocycles. The van der Waals surface area contributed by atoms with Crippen molar-refractivity contribution in [3.63, 3.8) is 0 Å². The van der Waals surface area contributed by atoms with Gasteiger partial charge in [-0.25, -0.2) is 8.42 Å². The van der Waals surface area contributed by atoms with E-state index in [0.717, 1.165) is 12.3 Å². The minimum absolute atomic E-state index is 0.117. The highest BCUT2D eigenvalue weighted by molar-refractivity contribution is 7.89. The zero-order chi connectivity index (χ0) is 27.9. The highest BCUT2D eigenvalue weighted by Crippen LogP contribution is 2.37. The van der Waals surface area contributed by atoms with Gasteiger partial charge in [0.05, 0.1) is 22.5 Å². The number of ether oxygens (including phenoxy) is 1. The lowest BCUT2D eigenvalue weighted by molar-refractivity contribution is -0.180. The molecule has 0 bridgehead atoms. The molecular formula is C25H19F5N4O3S. The molecule has 0 aliphatic rings. The highest BCUT2D eigenvalue weighted by Gasteiger charge is 2.49. The van der Waals surface area contributed by atoms with E-state index in [1.807, 2.05) is 0 Å². The Kier molecular flexibility index (Phi) is 6.90. The molecule has 0 saturated carbocycles. The second-order valence-corrected chi connectivity index (χ2v) is 10.4. The highest BCUT2D eigenvalue weighted by atomic mass is 32.2. The molecule has 2 aromatic heterocycles. The molecule has 4 aromatic rings. The predicted molar refractivity (Wildman–Crippen MR) is 128 cm³/mol. The number of para-hydroxylation sites is 1. The van der Waals surface area contributed by atoms with Gasteiger partial charge in [0.2, 0.25) is 10.0 Å². The van der Waals surface area contributed by atoms with Crippen LogP contribution in [-0.4, -0.2) is 36.3 Å². The summed E-state index contributed by atoms with van der Waals surface area (Å²) in [5.41, 5.74) is -1.41. The maximum Gasteiger partial charge on any atom is 0.407 e. The molecule has 2 aromatic carbocycles. The van der Waals surface area contributed by atoms with Crippen molar-refractivity contribution < 1.29 is 35.1 Å². The molecule has 198 valence electrons. The monoisotopic (exact) mass is 550 g/mol. The number of hydrogen-bond donors (Lipinski definition) is 1. The van der Waals surface area contributed by atoms with E-state index in [1.54, 1.807) is 39.6 Å². The number of halogens is 5. The van der Waals surface area contributed by atoms with E-state index < -0.39 is 33.2 Å². The van der Waals surface area contributed by atoms with Crippen LogP contribution in [0.1, 0.15) is 19.4 Å². The summed E-state index contributed by atoms with van der Waals surface area (Å²) in [6, 6.07) is 17.0. The maximum atomic E-state index is 13.2. The van der Waals surface area contributed by atoms with E-state index in [-0.39, 0.29) is 22.7 Å². The van der Waals surface area contributed by atoms with Crippen LogP contribution in [-0.2, 0) is 10.0 Å². The van der Waals surface area contributed by atoms with Crippen molar-refractivity contribution in [1.29, 1.82) is 5.26 Å². The first-order valence-corrected chi connectivity index (χ1v) is 12.4. The number of sulfonamides is 1. The van der Waals surface area contributed by atoms with Gasteiger partial charge in [0, 0.05) is 23.3 Å². The molecule has 0 radical (unpaired) electrons. The van der Waals surface area contributed by atoms with Gasteiger partial charge in [-0.2, -0.15) is 31.9 Å². The largest absolute Gasteiger partial charge is 0.435 e. The summed E-state index contributed by atoms with van der Waals surface area (Å²) in [5.74, 6) is -0.147. The Morgan fingerprint density at radius 1 is 1.05 bits per heavy atom. The van der Waals surface area contributed by atoms with Crippen molar-refractivity contribution in [2.24, 2.45) is 0 Å². The van der Waals surface area contributed by atoms with Crippen molar-refractivity contribution in [1.82, 2.24) is 14.3 Å². The molecule has 13 heteroatoms. The second-order valence-electron chi connectivity index (χ2n) is 8.67. The molecule has 0 saturated heterocycles. The van der Waals surface area contributed by atoms with Crippen LogP contribution in [0, 0.1) is 11.3 Å². The van der Waals surface area contributed by atoms with Crippen molar-refractivity contribution in [3.8, 4) is 28.9 Å². The Labute approximate surface area is 214 Å². The number of fused-ring (bicyclic) bond motifs is 1. The second kappa shape index (κ2) is 9.70. The molecule has 4 rings (SSSR count). The fourth-order valence-electron chi connectivity index (χ4n) is 3.78. The number of rotatable bonds is 7. The minimum atomic E-state index is -4.85. The van der Waals surface area contributed by atoms with Crippen LogP contribution in [0.25, 0.3) is 28.0 Å². The van der Waals surface area contributed by atoms with Crippen molar-refractivity contribution in [2.75, 3.05) is 0 Å². The van der Waals surface area contributed by atoms with Gasteiger partial charge in [-0.1, -0.05) is 18.2 Å². The molecule has 2 heterocycles. The van der Waals surface area contributed by atoms with E-state index in [1.165, 1.54) is 24.3 Å². The van der Waals surface area contributed by atoms with E-state index >= 15 is 0 Å². The number of aromatic nitrogens is 2. The van der Waals surface area contributed by atoms with Crippen LogP contribution in [0.4, 0.5) is 22.0 Å². The molecule has 0 amide bonds. The average molecular weight is 551 g/mol. The number of alkyl halides is 5. The lowest BCUT2D eigenvalue weighted by Gasteiger charge is -2.28. The van der Waals surface area contributed by atoms with Crippen LogP contribution < -0.4 is 9.46 Å².